The molecule has 1 saturated heterocycles. The fourth-order valence-corrected chi connectivity index (χ4v) is 7.29. The first-order valence-corrected chi connectivity index (χ1v) is 14.3. The molecular formula is C31H50O8. The average Bonchev–Trinajstić information content (AvgIpc) is 2.87. The number of hydrogen-bond acceptors (Lipinski definition) is 8. The second-order valence-corrected chi connectivity index (χ2v) is 12.7. The van der Waals surface area contributed by atoms with Gasteiger partial charge in [0, 0.05) is 11.0 Å². The van der Waals surface area contributed by atoms with Crippen molar-refractivity contribution in [1.82, 2.24) is 0 Å². The highest BCUT2D eigenvalue weighted by atomic mass is 16.7. The Labute approximate surface area is 233 Å². The third-order valence-electron chi connectivity index (χ3n) is 9.80. The van der Waals surface area contributed by atoms with Crippen LogP contribution in [0.15, 0.2) is 34.9 Å². The molecule has 3 aliphatic rings. The Morgan fingerprint density at radius 1 is 1.15 bits per heavy atom. The Morgan fingerprint density at radius 3 is 2.44 bits per heavy atom. The molecular weight excluding hydrogens is 500 g/mol. The minimum absolute atomic E-state index is 0.0233. The van der Waals surface area contributed by atoms with Crippen LogP contribution in [-0.2, 0) is 19.0 Å². The topological polar surface area (TPSA) is 126 Å². The summed E-state index contributed by atoms with van der Waals surface area (Å²) >= 11 is 0. The van der Waals surface area contributed by atoms with Crippen molar-refractivity contribution in [2.24, 2.45) is 22.7 Å². The molecule has 4 N–H and O–H groups in total. The van der Waals surface area contributed by atoms with Crippen LogP contribution in [0.25, 0.3) is 0 Å². The summed E-state index contributed by atoms with van der Waals surface area (Å²) in [5.74, 6) is 0.0135. The van der Waals surface area contributed by atoms with Crippen LogP contribution < -0.4 is 0 Å². The fraction of sp³-hybridized carbons (Fsp3) is 0.774. The molecule has 222 valence electrons. The first kappa shape index (κ1) is 32.0. The van der Waals surface area contributed by atoms with E-state index in [9.17, 15) is 25.2 Å². The molecule has 10 unspecified atom stereocenters. The van der Waals surface area contributed by atoms with E-state index in [1.165, 1.54) is 5.57 Å². The molecule has 0 spiro atoms. The Bertz CT molecular complexity index is 968. The first-order chi connectivity index (χ1) is 18.2. The number of carbonyl (C=O) groups is 1. The molecule has 0 aromatic rings. The SMILES string of the molecule is CC=C(C)C(=O)OC1C(OC2OC(C)C(O)C(O)C2O)CC2(C)C(CCC(C)=CCO)C(C)=CCC2C1(C)C. The van der Waals surface area contributed by atoms with E-state index < -0.39 is 54.3 Å². The zero-order valence-corrected chi connectivity index (χ0v) is 24.9. The Hall–Kier alpha value is -1.55. The van der Waals surface area contributed by atoms with Gasteiger partial charge < -0.3 is 34.6 Å². The molecule has 0 amide bonds. The largest absolute Gasteiger partial charge is 0.456 e. The van der Waals surface area contributed by atoms with E-state index in [1.807, 2.05) is 13.0 Å². The van der Waals surface area contributed by atoms with Gasteiger partial charge in [0.05, 0.1) is 18.8 Å². The van der Waals surface area contributed by atoms with Gasteiger partial charge in [-0.05, 0) is 77.6 Å². The standard InChI is InChI=1S/C31H50O8/c1-9-18(3)28(36)39-27-22(38-29-26(35)25(34)24(33)20(5)37-29)16-31(8)21(12-10-17(2)14-15-32)19(4)11-13-23(31)30(27,6)7/h9,11,14,20-27,29,32-35H,10,12-13,15-16H2,1-8H3. The molecule has 3 rings (SSSR count). The Morgan fingerprint density at radius 2 is 1.82 bits per heavy atom. The minimum atomic E-state index is -1.45. The van der Waals surface area contributed by atoms with Gasteiger partial charge in [0.25, 0.3) is 0 Å². The normalized spacial score (nSPS) is 41.0. The van der Waals surface area contributed by atoms with Gasteiger partial charge in [0.15, 0.2) is 6.29 Å². The molecule has 39 heavy (non-hydrogen) atoms. The number of ether oxygens (including phenoxy) is 3. The van der Waals surface area contributed by atoms with Crippen molar-refractivity contribution in [2.45, 2.75) is 124 Å². The van der Waals surface area contributed by atoms with E-state index >= 15 is 0 Å². The second kappa shape index (κ2) is 12.5. The summed E-state index contributed by atoms with van der Waals surface area (Å²) in [4.78, 5) is 13.0. The van der Waals surface area contributed by atoms with E-state index in [0.29, 0.717) is 12.0 Å². The van der Waals surface area contributed by atoms with Crippen molar-refractivity contribution < 1.29 is 39.4 Å². The van der Waals surface area contributed by atoms with Crippen molar-refractivity contribution in [2.75, 3.05) is 6.61 Å². The lowest BCUT2D eigenvalue weighted by atomic mass is 9.46. The summed E-state index contributed by atoms with van der Waals surface area (Å²) in [6, 6.07) is 0. The summed E-state index contributed by atoms with van der Waals surface area (Å²) in [6.45, 7) is 15.9. The van der Waals surface area contributed by atoms with Gasteiger partial charge in [-0.1, -0.05) is 50.1 Å². The molecule has 8 heteroatoms. The molecule has 1 aliphatic heterocycles. The summed E-state index contributed by atoms with van der Waals surface area (Å²) in [5.41, 5.74) is 2.27. The summed E-state index contributed by atoms with van der Waals surface area (Å²) in [7, 11) is 0. The number of carbonyl (C=O) groups excluding carboxylic acids is 1. The zero-order chi connectivity index (χ0) is 29.3. The summed E-state index contributed by atoms with van der Waals surface area (Å²) in [6.07, 6.45) is 1.78. The van der Waals surface area contributed by atoms with E-state index in [2.05, 4.69) is 33.8 Å². The molecule has 0 radical (unpaired) electrons. The maximum atomic E-state index is 13.0. The lowest BCUT2D eigenvalue weighted by molar-refractivity contribution is -0.325. The number of aliphatic hydroxyl groups is 4. The number of hydrogen-bond donors (Lipinski definition) is 4. The summed E-state index contributed by atoms with van der Waals surface area (Å²) < 4.78 is 18.4. The third-order valence-corrected chi connectivity index (χ3v) is 9.80. The van der Waals surface area contributed by atoms with E-state index in [0.717, 1.165) is 24.8 Å². The van der Waals surface area contributed by atoms with Crippen LogP contribution in [0.3, 0.4) is 0 Å². The van der Waals surface area contributed by atoms with Crippen molar-refractivity contribution in [1.29, 1.82) is 0 Å². The number of allylic oxidation sites excluding steroid dienone is 4. The maximum Gasteiger partial charge on any atom is 0.333 e. The Kier molecular flexibility index (Phi) is 10.3. The van der Waals surface area contributed by atoms with Crippen LogP contribution in [-0.4, -0.2) is 75.9 Å². The molecule has 10 atom stereocenters. The Balaban J connectivity index is 2.01. The highest BCUT2D eigenvalue weighted by molar-refractivity contribution is 5.87. The van der Waals surface area contributed by atoms with Gasteiger partial charge in [-0.15, -0.1) is 0 Å². The van der Waals surface area contributed by atoms with Crippen molar-refractivity contribution >= 4 is 5.97 Å². The molecule has 1 heterocycles. The highest BCUT2D eigenvalue weighted by Crippen LogP contribution is 2.62. The number of fused-ring (bicyclic) bond motifs is 1. The monoisotopic (exact) mass is 550 g/mol. The second-order valence-electron chi connectivity index (χ2n) is 12.7. The zero-order valence-electron chi connectivity index (χ0n) is 24.9. The molecule has 2 aliphatic carbocycles. The third kappa shape index (κ3) is 6.36. The van der Waals surface area contributed by atoms with Crippen molar-refractivity contribution in [3.05, 3.63) is 34.9 Å². The number of aliphatic hydroxyl groups excluding tert-OH is 4. The van der Waals surface area contributed by atoms with Crippen LogP contribution in [0, 0.1) is 22.7 Å². The predicted molar refractivity (Wildman–Crippen MR) is 148 cm³/mol. The van der Waals surface area contributed by atoms with Crippen LogP contribution in [0.4, 0.5) is 0 Å². The van der Waals surface area contributed by atoms with Crippen molar-refractivity contribution in [3.8, 4) is 0 Å². The minimum Gasteiger partial charge on any atom is -0.456 e. The molecule has 2 fully saturated rings. The lowest BCUT2D eigenvalue weighted by Crippen LogP contribution is -2.64. The van der Waals surface area contributed by atoms with Crippen LogP contribution in [0.5, 0.6) is 0 Å². The van der Waals surface area contributed by atoms with Gasteiger partial charge in [0.2, 0.25) is 0 Å². The predicted octanol–water partition coefficient (Wildman–Crippen LogP) is 3.81. The van der Waals surface area contributed by atoms with Gasteiger partial charge in [-0.3, -0.25) is 0 Å². The quantitative estimate of drug-likeness (QED) is 0.204. The van der Waals surface area contributed by atoms with Gasteiger partial charge in [-0.2, -0.15) is 0 Å². The van der Waals surface area contributed by atoms with Gasteiger partial charge in [0.1, 0.15) is 24.4 Å². The lowest BCUT2D eigenvalue weighted by Gasteiger charge is -2.61. The van der Waals surface area contributed by atoms with E-state index in [1.54, 1.807) is 26.8 Å². The van der Waals surface area contributed by atoms with Crippen LogP contribution >= 0.6 is 0 Å². The van der Waals surface area contributed by atoms with Crippen LogP contribution in [0.2, 0.25) is 0 Å². The van der Waals surface area contributed by atoms with Crippen molar-refractivity contribution in [3.63, 3.8) is 0 Å². The molecule has 0 aromatic heterocycles. The number of rotatable bonds is 8. The number of esters is 1. The average molecular weight is 551 g/mol. The van der Waals surface area contributed by atoms with Crippen LogP contribution in [0.1, 0.15) is 81.1 Å². The molecule has 0 aromatic carbocycles. The van der Waals surface area contributed by atoms with Gasteiger partial charge >= 0.3 is 5.97 Å². The highest BCUT2D eigenvalue weighted by Gasteiger charge is 2.61. The maximum absolute atomic E-state index is 13.0. The first-order valence-electron chi connectivity index (χ1n) is 14.3. The molecule has 1 saturated carbocycles. The van der Waals surface area contributed by atoms with E-state index in [4.69, 9.17) is 14.2 Å². The van der Waals surface area contributed by atoms with Gasteiger partial charge in [-0.25, -0.2) is 4.79 Å². The molecule has 0 bridgehead atoms. The fourth-order valence-electron chi connectivity index (χ4n) is 7.29. The smallest absolute Gasteiger partial charge is 0.333 e. The molecule has 8 nitrogen and oxygen atoms in total. The summed E-state index contributed by atoms with van der Waals surface area (Å²) in [5, 5.41) is 40.7. The van der Waals surface area contributed by atoms with E-state index in [-0.39, 0.29) is 23.9 Å².